The summed E-state index contributed by atoms with van der Waals surface area (Å²) >= 11 is 0. The molecule has 1 rings (SSSR count). The Labute approximate surface area is 161 Å². The van der Waals surface area contributed by atoms with E-state index in [9.17, 15) is 4.79 Å². The summed E-state index contributed by atoms with van der Waals surface area (Å²) < 4.78 is 16.6. The maximum atomic E-state index is 11.8. The predicted molar refractivity (Wildman–Crippen MR) is 106 cm³/mol. The van der Waals surface area contributed by atoms with Crippen molar-refractivity contribution in [1.82, 2.24) is 0 Å². The number of rotatable bonds is 17. The van der Waals surface area contributed by atoms with Crippen LogP contribution in [0.15, 0.2) is 0 Å². The van der Waals surface area contributed by atoms with Crippen molar-refractivity contribution in [2.24, 2.45) is 0 Å². The van der Waals surface area contributed by atoms with Gasteiger partial charge in [0.1, 0.15) is 12.7 Å². The maximum absolute atomic E-state index is 11.8. The lowest BCUT2D eigenvalue weighted by atomic mass is 10.0. The van der Waals surface area contributed by atoms with E-state index in [2.05, 4.69) is 6.92 Å². The van der Waals surface area contributed by atoms with Gasteiger partial charge in [-0.25, -0.2) is 0 Å². The molecule has 26 heavy (non-hydrogen) atoms. The summed E-state index contributed by atoms with van der Waals surface area (Å²) in [7, 11) is 0. The Kier molecular flexibility index (Phi) is 13.2. The number of ketones is 1. The minimum absolute atomic E-state index is 0.0514. The zero-order valence-electron chi connectivity index (χ0n) is 17.5. The lowest BCUT2D eigenvalue weighted by molar-refractivity contribution is -0.146. The van der Waals surface area contributed by atoms with Crippen LogP contribution in [0.1, 0.15) is 104 Å². The summed E-state index contributed by atoms with van der Waals surface area (Å²) in [5.41, 5.74) is 0. The highest BCUT2D eigenvalue weighted by Crippen LogP contribution is 2.22. The van der Waals surface area contributed by atoms with Crippen LogP contribution in [-0.4, -0.2) is 37.5 Å². The highest BCUT2D eigenvalue weighted by Gasteiger charge is 2.32. The van der Waals surface area contributed by atoms with Crippen molar-refractivity contribution in [2.75, 3.05) is 19.8 Å². The summed E-state index contributed by atoms with van der Waals surface area (Å²) in [6.07, 6.45) is 16.4. The van der Waals surface area contributed by atoms with E-state index in [-0.39, 0.29) is 18.5 Å². The van der Waals surface area contributed by atoms with E-state index in [0.29, 0.717) is 19.6 Å². The largest absolute Gasteiger partial charge is 0.371 e. The van der Waals surface area contributed by atoms with Gasteiger partial charge in [0.15, 0.2) is 11.6 Å². The van der Waals surface area contributed by atoms with Gasteiger partial charge in [0.05, 0.1) is 13.2 Å². The molecule has 0 aromatic rings. The van der Waals surface area contributed by atoms with Crippen LogP contribution >= 0.6 is 0 Å². The molecule has 4 nitrogen and oxygen atoms in total. The molecule has 0 bridgehead atoms. The summed E-state index contributed by atoms with van der Waals surface area (Å²) in [5.74, 6) is -0.317. The third kappa shape index (κ3) is 12.8. The molecular weight excluding hydrogens is 328 g/mol. The molecule has 0 N–H and O–H groups in total. The minimum Gasteiger partial charge on any atom is -0.371 e. The van der Waals surface area contributed by atoms with E-state index >= 15 is 0 Å². The number of hydrogen-bond acceptors (Lipinski definition) is 4. The Hall–Kier alpha value is -0.450. The summed E-state index contributed by atoms with van der Waals surface area (Å²) in [6, 6.07) is 0. The smallest absolute Gasteiger partial charge is 0.163 e. The first-order valence-corrected chi connectivity index (χ1v) is 10.9. The van der Waals surface area contributed by atoms with Crippen molar-refractivity contribution in [3.05, 3.63) is 0 Å². The van der Waals surface area contributed by atoms with Crippen molar-refractivity contribution in [1.29, 1.82) is 0 Å². The fourth-order valence-electron chi connectivity index (χ4n) is 3.38. The zero-order chi connectivity index (χ0) is 19.1. The van der Waals surface area contributed by atoms with Crippen molar-refractivity contribution < 1.29 is 19.0 Å². The van der Waals surface area contributed by atoms with Gasteiger partial charge in [0.2, 0.25) is 0 Å². The maximum Gasteiger partial charge on any atom is 0.163 e. The minimum atomic E-state index is -0.521. The Balaban J connectivity index is 1.80. The van der Waals surface area contributed by atoms with E-state index in [4.69, 9.17) is 14.2 Å². The molecule has 154 valence electrons. The van der Waals surface area contributed by atoms with Crippen molar-refractivity contribution >= 4 is 5.78 Å². The SMILES string of the molecule is CCCCCCCCCCCCCCC(=O)COCC1COC(C)(C)O1. The van der Waals surface area contributed by atoms with Crippen molar-refractivity contribution in [2.45, 2.75) is 116 Å². The molecule has 1 saturated heterocycles. The Bertz CT molecular complexity index is 354. The monoisotopic (exact) mass is 370 g/mol. The highest BCUT2D eigenvalue weighted by atomic mass is 16.7. The molecule has 1 unspecified atom stereocenters. The lowest BCUT2D eigenvalue weighted by Gasteiger charge is -2.16. The quantitative estimate of drug-likeness (QED) is 0.303. The molecule has 0 amide bonds. The molecule has 0 aliphatic carbocycles. The third-order valence-electron chi connectivity index (χ3n) is 4.94. The first-order valence-electron chi connectivity index (χ1n) is 10.9. The standard InChI is InChI=1S/C22H42O4/c1-4-5-6-7-8-9-10-11-12-13-14-15-16-20(23)17-24-18-21-19-25-22(2,3)26-21/h21H,4-19H2,1-3H3. The van der Waals surface area contributed by atoms with Gasteiger partial charge >= 0.3 is 0 Å². The van der Waals surface area contributed by atoms with Gasteiger partial charge in [-0.05, 0) is 20.3 Å². The molecule has 1 aliphatic heterocycles. The van der Waals surface area contributed by atoms with E-state index < -0.39 is 5.79 Å². The van der Waals surface area contributed by atoms with Gasteiger partial charge < -0.3 is 14.2 Å². The summed E-state index contributed by atoms with van der Waals surface area (Å²) in [5, 5.41) is 0. The Morgan fingerprint density at radius 1 is 0.923 bits per heavy atom. The van der Waals surface area contributed by atoms with Gasteiger partial charge in [-0.3, -0.25) is 4.79 Å². The second-order valence-electron chi connectivity index (χ2n) is 8.14. The van der Waals surface area contributed by atoms with Crippen LogP contribution in [0.4, 0.5) is 0 Å². The second-order valence-corrected chi connectivity index (χ2v) is 8.14. The number of carbonyl (C=O) groups is 1. The molecule has 1 heterocycles. The van der Waals surface area contributed by atoms with Crippen molar-refractivity contribution in [3.63, 3.8) is 0 Å². The van der Waals surface area contributed by atoms with Crippen LogP contribution in [0.5, 0.6) is 0 Å². The highest BCUT2D eigenvalue weighted by molar-refractivity contribution is 5.79. The predicted octanol–water partition coefficient (Wildman–Crippen LogP) is 5.81. The second kappa shape index (κ2) is 14.6. The van der Waals surface area contributed by atoms with Crippen LogP contribution in [0.25, 0.3) is 0 Å². The van der Waals surface area contributed by atoms with Crippen LogP contribution < -0.4 is 0 Å². The summed E-state index contributed by atoms with van der Waals surface area (Å²) in [6.45, 7) is 7.24. The van der Waals surface area contributed by atoms with Crippen LogP contribution in [0.2, 0.25) is 0 Å². The first kappa shape index (κ1) is 23.6. The van der Waals surface area contributed by atoms with E-state index in [1.807, 2.05) is 13.8 Å². The van der Waals surface area contributed by atoms with E-state index in [1.54, 1.807) is 0 Å². The summed E-state index contributed by atoms with van der Waals surface area (Å²) in [4.78, 5) is 11.8. The fourth-order valence-corrected chi connectivity index (χ4v) is 3.38. The molecule has 0 aromatic carbocycles. The molecule has 1 aliphatic rings. The van der Waals surface area contributed by atoms with Gasteiger partial charge in [0, 0.05) is 6.42 Å². The van der Waals surface area contributed by atoms with Gasteiger partial charge in [0.25, 0.3) is 0 Å². The molecule has 1 atom stereocenters. The Morgan fingerprint density at radius 3 is 1.96 bits per heavy atom. The average molecular weight is 371 g/mol. The van der Waals surface area contributed by atoms with E-state index in [1.165, 1.54) is 64.2 Å². The van der Waals surface area contributed by atoms with Crippen LogP contribution in [0, 0.1) is 0 Å². The molecule has 4 heteroatoms. The number of carbonyl (C=O) groups excluding carboxylic acids is 1. The average Bonchev–Trinajstić information content (AvgIpc) is 2.95. The van der Waals surface area contributed by atoms with Crippen LogP contribution in [0.3, 0.4) is 0 Å². The molecule has 0 radical (unpaired) electrons. The van der Waals surface area contributed by atoms with Gasteiger partial charge in [-0.1, -0.05) is 77.6 Å². The molecule has 0 saturated carbocycles. The topological polar surface area (TPSA) is 44.8 Å². The third-order valence-corrected chi connectivity index (χ3v) is 4.94. The molecule has 0 aromatic heterocycles. The van der Waals surface area contributed by atoms with E-state index in [0.717, 1.165) is 12.8 Å². The molecule has 1 fully saturated rings. The van der Waals surface area contributed by atoms with Gasteiger partial charge in [-0.15, -0.1) is 0 Å². The molecular formula is C22H42O4. The molecule has 0 spiro atoms. The number of Topliss-reactive ketones (excluding diaryl/α,β-unsaturated/α-hetero) is 1. The normalized spacial score (nSPS) is 19.1. The van der Waals surface area contributed by atoms with Crippen LogP contribution in [-0.2, 0) is 19.0 Å². The number of ether oxygens (including phenoxy) is 3. The zero-order valence-corrected chi connectivity index (χ0v) is 17.5. The number of unbranched alkanes of at least 4 members (excludes halogenated alkanes) is 11. The van der Waals surface area contributed by atoms with Gasteiger partial charge in [-0.2, -0.15) is 0 Å². The first-order chi connectivity index (χ1) is 12.5. The lowest BCUT2D eigenvalue weighted by Crippen LogP contribution is -2.25. The Morgan fingerprint density at radius 2 is 1.46 bits per heavy atom. The number of hydrogen-bond donors (Lipinski definition) is 0. The fraction of sp³-hybridized carbons (Fsp3) is 0.955. The van der Waals surface area contributed by atoms with Crippen molar-refractivity contribution in [3.8, 4) is 0 Å².